The number of aryl methyl sites for hydroxylation is 2. The van der Waals surface area contributed by atoms with Crippen molar-refractivity contribution in [3.63, 3.8) is 0 Å². The average molecular weight is 400 g/mol. The topological polar surface area (TPSA) is 113 Å². The normalized spacial score (nSPS) is 11.1. The van der Waals surface area contributed by atoms with Gasteiger partial charge in [0.15, 0.2) is 0 Å². The molecule has 2 aromatic carbocycles. The van der Waals surface area contributed by atoms with E-state index < -0.39 is 15.9 Å². The first kappa shape index (κ1) is 19.4. The van der Waals surface area contributed by atoms with E-state index in [1.807, 2.05) is 0 Å². The highest BCUT2D eigenvalue weighted by Gasteiger charge is 2.24. The number of nitrogens with one attached hydrogen (secondary N) is 3. The van der Waals surface area contributed by atoms with Crippen molar-refractivity contribution in [2.75, 3.05) is 17.1 Å². The summed E-state index contributed by atoms with van der Waals surface area (Å²) in [5.74, 6) is 0.143. The van der Waals surface area contributed by atoms with Gasteiger partial charge in [-0.25, -0.2) is 8.42 Å². The first-order valence-corrected chi connectivity index (χ1v) is 9.89. The molecule has 9 heteroatoms. The van der Waals surface area contributed by atoms with Gasteiger partial charge in [0.2, 0.25) is 0 Å². The van der Waals surface area contributed by atoms with Gasteiger partial charge in [0.25, 0.3) is 15.9 Å². The van der Waals surface area contributed by atoms with E-state index in [9.17, 15) is 13.2 Å². The van der Waals surface area contributed by atoms with Crippen LogP contribution in [-0.4, -0.2) is 31.6 Å². The third-order valence-corrected chi connectivity index (χ3v) is 5.70. The highest BCUT2D eigenvalue weighted by Crippen LogP contribution is 2.24. The number of anilines is 2. The van der Waals surface area contributed by atoms with E-state index in [0.717, 1.165) is 0 Å². The molecule has 0 bridgehead atoms. The molecule has 3 rings (SSSR count). The van der Waals surface area contributed by atoms with Crippen molar-refractivity contribution < 1.29 is 17.9 Å². The molecular weight excluding hydrogens is 380 g/mol. The predicted molar refractivity (Wildman–Crippen MR) is 106 cm³/mol. The lowest BCUT2D eigenvalue weighted by Gasteiger charge is -2.13. The number of ether oxygens (including phenoxy) is 1. The van der Waals surface area contributed by atoms with Gasteiger partial charge in [-0.2, -0.15) is 5.10 Å². The molecule has 1 amide bonds. The van der Waals surface area contributed by atoms with Crippen molar-refractivity contribution in [2.45, 2.75) is 18.7 Å². The van der Waals surface area contributed by atoms with E-state index in [1.165, 1.54) is 13.2 Å². The molecule has 0 aliphatic rings. The van der Waals surface area contributed by atoms with Crippen molar-refractivity contribution >= 4 is 27.3 Å². The Morgan fingerprint density at radius 1 is 1.11 bits per heavy atom. The summed E-state index contributed by atoms with van der Waals surface area (Å²) in [5, 5.41) is 9.31. The lowest BCUT2D eigenvalue weighted by atomic mass is 10.1. The van der Waals surface area contributed by atoms with E-state index in [2.05, 4.69) is 20.2 Å². The highest BCUT2D eigenvalue weighted by molar-refractivity contribution is 7.92. The summed E-state index contributed by atoms with van der Waals surface area (Å²) in [7, 11) is -2.38. The number of rotatable bonds is 6. The van der Waals surface area contributed by atoms with Gasteiger partial charge in [0.1, 0.15) is 10.6 Å². The molecule has 146 valence electrons. The minimum Gasteiger partial charge on any atom is -0.497 e. The number of aromatic amines is 1. The number of para-hydroxylation sites is 1. The summed E-state index contributed by atoms with van der Waals surface area (Å²) in [5.41, 5.74) is 1.66. The third-order valence-electron chi connectivity index (χ3n) is 4.07. The molecule has 0 unspecified atom stereocenters. The second-order valence-electron chi connectivity index (χ2n) is 6.10. The maximum atomic E-state index is 12.8. The van der Waals surface area contributed by atoms with E-state index >= 15 is 0 Å². The predicted octanol–water partition coefficient (Wildman–Crippen LogP) is 3.09. The van der Waals surface area contributed by atoms with Gasteiger partial charge in [0.05, 0.1) is 29.7 Å². The van der Waals surface area contributed by atoms with E-state index in [4.69, 9.17) is 4.74 Å². The van der Waals surface area contributed by atoms with Gasteiger partial charge >= 0.3 is 0 Å². The Hall–Kier alpha value is -3.33. The molecule has 3 N–H and O–H groups in total. The fourth-order valence-corrected chi connectivity index (χ4v) is 4.25. The fourth-order valence-electron chi connectivity index (χ4n) is 2.80. The second-order valence-corrected chi connectivity index (χ2v) is 7.72. The molecule has 1 heterocycles. The monoisotopic (exact) mass is 400 g/mol. The summed E-state index contributed by atoms with van der Waals surface area (Å²) in [6.07, 6.45) is 0. The number of carbonyl (C=O) groups is 1. The number of amides is 1. The van der Waals surface area contributed by atoms with Crippen LogP contribution in [0.4, 0.5) is 11.4 Å². The zero-order valence-corrected chi connectivity index (χ0v) is 16.4. The molecule has 0 saturated heterocycles. The molecule has 0 fully saturated rings. The standard InChI is InChI=1S/C19H20N4O4S/c1-12-18(13(2)22-21-12)28(25,26)23-17-10-5-4-9-16(17)19(24)20-14-7-6-8-15(11-14)27-3/h4-11,23H,1-3H3,(H,20,24)(H,21,22). The summed E-state index contributed by atoms with van der Waals surface area (Å²) in [6.45, 7) is 3.22. The Morgan fingerprint density at radius 2 is 1.86 bits per heavy atom. The first-order valence-electron chi connectivity index (χ1n) is 8.40. The van der Waals surface area contributed by atoms with Gasteiger partial charge in [-0.3, -0.25) is 14.6 Å². The Bertz CT molecular complexity index is 1100. The molecule has 3 aromatic rings. The Balaban J connectivity index is 1.90. The zero-order valence-electron chi connectivity index (χ0n) is 15.6. The maximum Gasteiger partial charge on any atom is 0.265 e. The molecule has 0 radical (unpaired) electrons. The fraction of sp³-hybridized carbons (Fsp3) is 0.158. The van der Waals surface area contributed by atoms with Crippen LogP contribution >= 0.6 is 0 Å². The number of methoxy groups -OCH3 is 1. The van der Waals surface area contributed by atoms with Crippen LogP contribution in [0.15, 0.2) is 53.4 Å². The van der Waals surface area contributed by atoms with Crippen LogP contribution in [0.2, 0.25) is 0 Å². The second kappa shape index (κ2) is 7.73. The summed E-state index contributed by atoms with van der Waals surface area (Å²) >= 11 is 0. The number of benzene rings is 2. The lowest BCUT2D eigenvalue weighted by Crippen LogP contribution is -2.19. The SMILES string of the molecule is COc1cccc(NC(=O)c2ccccc2NS(=O)(=O)c2c(C)n[nH]c2C)c1. The van der Waals surface area contributed by atoms with Crippen LogP contribution in [0.5, 0.6) is 5.75 Å². The number of H-pyrrole nitrogens is 1. The quantitative estimate of drug-likeness (QED) is 0.588. The Labute approximate surface area is 163 Å². The smallest absolute Gasteiger partial charge is 0.265 e. The highest BCUT2D eigenvalue weighted by atomic mass is 32.2. The van der Waals surface area contributed by atoms with Crippen molar-refractivity contribution in [1.82, 2.24) is 10.2 Å². The van der Waals surface area contributed by atoms with Crippen molar-refractivity contribution in [2.24, 2.45) is 0 Å². The van der Waals surface area contributed by atoms with Gasteiger partial charge in [-0.15, -0.1) is 0 Å². The van der Waals surface area contributed by atoms with Crippen molar-refractivity contribution in [1.29, 1.82) is 0 Å². The van der Waals surface area contributed by atoms with Gasteiger partial charge in [0, 0.05) is 11.8 Å². The molecule has 0 aliphatic carbocycles. The zero-order chi connectivity index (χ0) is 20.3. The Kier molecular flexibility index (Phi) is 5.36. The third kappa shape index (κ3) is 3.99. The minimum atomic E-state index is -3.91. The maximum absolute atomic E-state index is 12.8. The number of nitrogens with zero attached hydrogens (tertiary/aromatic N) is 1. The summed E-state index contributed by atoms with van der Waals surface area (Å²) in [4.78, 5) is 12.8. The van der Waals surface area contributed by atoms with Gasteiger partial charge in [-0.1, -0.05) is 18.2 Å². The van der Waals surface area contributed by atoms with Crippen molar-refractivity contribution in [3.05, 3.63) is 65.5 Å². The molecule has 0 saturated carbocycles. The van der Waals surface area contributed by atoms with Crippen LogP contribution in [0.1, 0.15) is 21.7 Å². The van der Waals surface area contributed by atoms with Crippen LogP contribution in [0, 0.1) is 13.8 Å². The number of sulfonamides is 1. The number of aromatic nitrogens is 2. The molecule has 1 aromatic heterocycles. The number of hydrogen-bond donors (Lipinski definition) is 3. The largest absolute Gasteiger partial charge is 0.497 e. The number of carbonyl (C=O) groups excluding carboxylic acids is 1. The van der Waals surface area contributed by atoms with Crippen LogP contribution < -0.4 is 14.8 Å². The van der Waals surface area contributed by atoms with Crippen LogP contribution in [0.25, 0.3) is 0 Å². The minimum absolute atomic E-state index is 0.0653. The van der Waals surface area contributed by atoms with E-state index in [1.54, 1.807) is 56.3 Å². The molecular formula is C19H20N4O4S. The van der Waals surface area contributed by atoms with Crippen LogP contribution in [-0.2, 0) is 10.0 Å². The van der Waals surface area contributed by atoms with Crippen molar-refractivity contribution in [3.8, 4) is 5.75 Å². The Morgan fingerprint density at radius 3 is 2.54 bits per heavy atom. The first-order chi connectivity index (χ1) is 13.3. The van der Waals surface area contributed by atoms with E-state index in [0.29, 0.717) is 22.8 Å². The summed E-state index contributed by atoms with van der Waals surface area (Å²) in [6, 6.07) is 13.3. The summed E-state index contributed by atoms with van der Waals surface area (Å²) < 4.78 is 33.2. The van der Waals surface area contributed by atoms with Crippen LogP contribution in [0.3, 0.4) is 0 Å². The number of hydrogen-bond acceptors (Lipinski definition) is 5. The molecule has 0 aliphatic heterocycles. The molecule has 0 atom stereocenters. The molecule has 28 heavy (non-hydrogen) atoms. The van der Waals surface area contributed by atoms with Gasteiger partial charge in [-0.05, 0) is 38.1 Å². The lowest BCUT2D eigenvalue weighted by molar-refractivity contribution is 0.102. The van der Waals surface area contributed by atoms with E-state index in [-0.39, 0.29) is 16.1 Å². The molecule has 0 spiro atoms. The molecule has 8 nitrogen and oxygen atoms in total. The van der Waals surface area contributed by atoms with Gasteiger partial charge < -0.3 is 10.1 Å². The average Bonchev–Trinajstić information content (AvgIpc) is 3.01.